The molecule has 0 saturated heterocycles. The van der Waals surface area contributed by atoms with Gasteiger partial charge in [-0.15, -0.1) is 0 Å². The van der Waals surface area contributed by atoms with Gasteiger partial charge in [0.15, 0.2) is 0 Å². The fourth-order valence-corrected chi connectivity index (χ4v) is 2.54. The van der Waals surface area contributed by atoms with Crippen LogP contribution in [0, 0.1) is 0 Å². The lowest BCUT2D eigenvalue weighted by atomic mass is 10.1. The van der Waals surface area contributed by atoms with E-state index in [2.05, 4.69) is 16.0 Å². The van der Waals surface area contributed by atoms with Gasteiger partial charge in [0, 0.05) is 11.3 Å². The molecule has 0 heterocycles. The number of nitrogens with one attached hydrogen (secondary N) is 3. The molecule has 0 spiro atoms. The Labute approximate surface area is 164 Å². The molecule has 0 atom stereocenters. The van der Waals surface area contributed by atoms with Gasteiger partial charge in [0.1, 0.15) is 0 Å². The van der Waals surface area contributed by atoms with Gasteiger partial charge in [0.05, 0.1) is 16.9 Å². The second-order valence-corrected chi connectivity index (χ2v) is 6.02. The normalized spacial score (nSPS) is 10.9. The number of carbonyl (C=O) groups excluding carboxylic acids is 2. The van der Waals surface area contributed by atoms with Crippen molar-refractivity contribution in [2.24, 2.45) is 0 Å². The van der Waals surface area contributed by atoms with Crippen molar-refractivity contribution in [3.8, 4) is 0 Å². The molecule has 0 aliphatic heterocycles. The van der Waals surface area contributed by atoms with Crippen molar-refractivity contribution < 1.29 is 22.8 Å². The topological polar surface area (TPSA) is 70.2 Å². The summed E-state index contributed by atoms with van der Waals surface area (Å²) in [7, 11) is 0. The van der Waals surface area contributed by atoms with Gasteiger partial charge in [-0.2, -0.15) is 13.2 Å². The highest BCUT2D eigenvalue weighted by Gasteiger charge is 2.30. The number of hydrogen-bond acceptors (Lipinski definition) is 2. The number of halogens is 3. The molecule has 0 bridgehead atoms. The van der Waals surface area contributed by atoms with Gasteiger partial charge < -0.3 is 16.0 Å². The Kier molecular flexibility index (Phi) is 5.82. The Morgan fingerprint density at radius 1 is 0.690 bits per heavy atom. The summed E-state index contributed by atoms with van der Waals surface area (Å²) < 4.78 is 38.6. The summed E-state index contributed by atoms with van der Waals surface area (Å²) >= 11 is 0. The molecule has 3 N–H and O–H groups in total. The molecule has 3 amide bonds. The number of rotatable bonds is 4. The SMILES string of the molecule is O=C(Nc1ccccc1)Nc1ccccc1NC(=O)c1cccc(C(F)(F)F)c1. The zero-order valence-electron chi connectivity index (χ0n) is 15.0. The maximum absolute atomic E-state index is 12.9. The average molecular weight is 399 g/mol. The van der Waals surface area contributed by atoms with Crippen molar-refractivity contribution in [2.75, 3.05) is 16.0 Å². The molecule has 0 aliphatic carbocycles. The predicted octanol–water partition coefficient (Wildman–Crippen LogP) is 5.60. The number of hydrogen-bond donors (Lipinski definition) is 3. The molecule has 0 fully saturated rings. The highest BCUT2D eigenvalue weighted by Crippen LogP contribution is 2.30. The minimum absolute atomic E-state index is 0.150. The van der Waals surface area contributed by atoms with E-state index in [-0.39, 0.29) is 11.3 Å². The first-order valence-corrected chi connectivity index (χ1v) is 8.53. The number of anilines is 3. The summed E-state index contributed by atoms with van der Waals surface area (Å²) in [5.41, 5.74) is 0.0528. The van der Waals surface area contributed by atoms with Crippen molar-refractivity contribution in [2.45, 2.75) is 6.18 Å². The lowest BCUT2D eigenvalue weighted by Crippen LogP contribution is -2.21. The molecule has 0 radical (unpaired) electrons. The van der Waals surface area contributed by atoms with Gasteiger partial charge in [-0.1, -0.05) is 36.4 Å². The number of para-hydroxylation sites is 3. The van der Waals surface area contributed by atoms with Crippen LogP contribution >= 0.6 is 0 Å². The molecule has 0 aromatic heterocycles. The minimum atomic E-state index is -4.55. The van der Waals surface area contributed by atoms with Crippen LogP contribution in [0.25, 0.3) is 0 Å². The van der Waals surface area contributed by atoms with Crippen LogP contribution < -0.4 is 16.0 Å². The Hall–Kier alpha value is -3.81. The maximum atomic E-state index is 12.9. The van der Waals surface area contributed by atoms with Crippen molar-refractivity contribution >= 4 is 29.0 Å². The van der Waals surface area contributed by atoms with Crippen LogP contribution in [0.1, 0.15) is 15.9 Å². The van der Waals surface area contributed by atoms with E-state index >= 15 is 0 Å². The second kappa shape index (κ2) is 8.47. The zero-order valence-corrected chi connectivity index (χ0v) is 15.0. The van der Waals surface area contributed by atoms with Gasteiger partial charge in [0.2, 0.25) is 0 Å². The van der Waals surface area contributed by atoms with Crippen molar-refractivity contribution in [3.05, 3.63) is 90.0 Å². The number of alkyl halides is 3. The highest BCUT2D eigenvalue weighted by molar-refractivity contribution is 6.08. The molecule has 29 heavy (non-hydrogen) atoms. The molecular weight excluding hydrogens is 383 g/mol. The number of benzene rings is 3. The molecule has 3 aromatic rings. The van der Waals surface area contributed by atoms with Crippen LogP contribution in [0.15, 0.2) is 78.9 Å². The lowest BCUT2D eigenvalue weighted by Gasteiger charge is -2.14. The van der Waals surface area contributed by atoms with Crippen molar-refractivity contribution in [3.63, 3.8) is 0 Å². The molecule has 5 nitrogen and oxygen atoms in total. The maximum Gasteiger partial charge on any atom is 0.416 e. The summed E-state index contributed by atoms with van der Waals surface area (Å²) in [6, 6.07) is 18.7. The fraction of sp³-hybridized carbons (Fsp3) is 0.0476. The third-order valence-corrected chi connectivity index (χ3v) is 3.91. The summed E-state index contributed by atoms with van der Waals surface area (Å²) in [6.07, 6.45) is -4.55. The van der Waals surface area contributed by atoms with E-state index in [1.807, 2.05) is 6.07 Å². The molecule has 148 valence electrons. The van der Waals surface area contributed by atoms with E-state index in [1.54, 1.807) is 42.5 Å². The van der Waals surface area contributed by atoms with Gasteiger partial charge in [-0.3, -0.25) is 4.79 Å². The largest absolute Gasteiger partial charge is 0.416 e. The van der Waals surface area contributed by atoms with E-state index < -0.39 is 23.7 Å². The molecule has 0 saturated carbocycles. The number of amides is 3. The number of urea groups is 1. The van der Waals surface area contributed by atoms with Crippen LogP contribution in [0.4, 0.5) is 35.0 Å². The fourth-order valence-electron chi connectivity index (χ4n) is 2.54. The van der Waals surface area contributed by atoms with E-state index in [0.717, 1.165) is 18.2 Å². The molecule has 3 aromatic carbocycles. The van der Waals surface area contributed by atoms with Gasteiger partial charge in [0.25, 0.3) is 5.91 Å². The molecular formula is C21H16F3N3O2. The Morgan fingerprint density at radius 2 is 1.31 bits per heavy atom. The first-order chi connectivity index (χ1) is 13.8. The van der Waals surface area contributed by atoms with E-state index in [9.17, 15) is 22.8 Å². The summed E-state index contributed by atoms with van der Waals surface area (Å²) in [5.74, 6) is -0.728. The van der Waals surface area contributed by atoms with Crippen molar-refractivity contribution in [1.82, 2.24) is 0 Å². The minimum Gasteiger partial charge on any atom is -0.320 e. The van der Waals surface area contributed by atoms with Gasteiger partial charge in [-0.25, -0.2) is 4.79 Å². The summed E-state index contributed by atoms with van der Waals surface area (Å²) in [5, 5.41) is 7.77. The van der Waals surface area contributed by atoms with Crippen LogP contribution in [0.3, 0.4) is 0 Å². The van der Waals surface area contributed by atoms with Gasteiger partial charge >= 0.3 is 12.2 Å². The predicted molar refractivity (Wildman–Crippen MR) is 105 cm³/mol. The van der Waals surface area contributed by atoms with Crippen molar-refractivity contribution in [1.29, 1.82) is 0 Å². The smallest absolute Gasteiger partial charge is 0.320 e. The monoisotopic (exact) mass is 399 g/mol. The third kappa shape index (κ3) is 5.35. The van der Waals surface area contributed by atoms with E-state index in [4.69, 9.17) is 0 Å². The lowest BCUT2D eigenvalue weighted by molar-refractivity contribution is -0.137. The molecule has 8 heteroatoms. The summed E-state index contributed by atoms with van der Waals surface area (Å²) in [6.45, 7) is 0. The van der Waals surface area contributed by atoms with Crippen LogP contribution in [-0.2, 0) is 6.18 Å². The van der Waals surface area contributed by atoms with E-state index in [1.165, 1.54) is 12.1 Å². The quantitative estimate of drug-likeness (QED) is 0.534. The Bertz CT molecular complexity index is 1020. The molecule has 3 rings (SSSR count). The third-order valence-electron chi connectivity index (χ3n) is 3.91. The molecule has 0 aliphatic rings. The standard InChI is InChI=1S/C21H16F3N3O2/c22-21(23,24)15-8-6-7-14(13-15)19(28)26-17-11-4-5-12-18(17)27-20(29)25-16-9-2-1-3-10-16/h1-13H,(H,26,28)(H2,25,27,29). The second-order valence-electron chi connectivity index (χ2n) is 6.02. The number of carbonyl (C=O) groups is 2. The van der Waals surface area contributed by atoms with E-state index in [0.29, 0.717) is 11.4 Å². The highest BCUT2D eigenvalue weighted by atomic mass is 19.4. The molecule has 0 unspecified atom stereocenters. The van der Waals surface area contributed by atoms with Crippen LogP contribution in [-0.4, -0.2) is 11.9 Å². The summed E-state index contributed by atoms with van der Waals surface area (Å²) in [4.78, 5) is 24.6. The van der Waals surface area contributed by atoms with Gasteiger partial charge in [-0.05, 0) is 42.5 Å². The first-order valence-electron chi connectivity index (χ1n) is 8.53. The van der Waals surface area contributed by atoms with Crippen LogP contribution in [0.2, 0.25) is 0 Å². The first kappa shape index (κ1) is 19.9. The van der Waals surface area contributed by atoms with Crippen LogP contribution in [0.5, 0.6) is 0 Å². The average Bonchev–Trinajstić information content (AvgIpc) is 2.69. The zero-order chi connectivity index (χ0) is 20.9. The Morgan fingerprint density at radius 3 is 1.97 bits per heavy atom. The Balaban J connectivity index is 1.74.